The number of thiocyanates is 1. The van der Waals surface area contributed by atoms with Crippen LogP contribution in [0.3, 0.4) is 0 Å². The third-order valence-electron chi connectivity index (χ3n) is 3.20. The highest BCUT2D eigenvalue weighted by Gasteiger charge is 2.31. The molecule has 0 atom stereocenters. The fraction of sp³-hybridized carbons (Fsp3) is 0.500. The molecule has 0 saturated carbocycles. The lowest BCUT2D eigenvalue weighted by Gasteiger charge is -2.41. The zero-order chi connectivity index (χ0) is 13.1. The Kier molecular flexibility index (Phi) is 8.39. The predicted molar refractivity (Wildman–Crippen MR) is 75.8 cm³/mol. The molecule has 3 heteroatoms. The Balaban J connectivity index is 0.000000770. The second-order valence-electron chi connectivity index (χ2n) is 4.27. The highest BCUT2D eigenvalue weighted by molar-refractivity contribution is 7.64. The minimum absolute atomic E-state index is 0.938. The molecule has 0 amide bonds. The van der Waals surface area contributed by atoms with Crippen LogP contribution in [-0.2, 0) is 12.6 Å². The summed E-state index contributed by atoms with van der Waals surface area (Å²) in [5.41, 5.74) is 1.31. The molecule has 0 aromatic rings. The smallest absolute Gasteiger partial charge is 0.106 e. The van der Waals surface area contributed by atoms with Gasteiger partial charge < -0.3 is 12.6 Å². The van der Waals surface area contributed by atoms with Crippen molar-refractivity contribution in [3.05, 3.63) is 37.6 Å². The van der Waals surface area contributed by atoms with Gasteiger partial charge in [0.25, 0.3) is 0 Å². The van der Waals surface area contributed by atoms with Crippen molar-refractivity contribution in [1.82, 2.24) is 0 Å². The maximum Gasteiger partial charge on any atom is 0.106 e. The number of hydrogen-bond donors (Lipinski definition) is 0. The summed E-state index contributed by atoms with van der Waals surface area (Å²) in [5.74, 6) is 0. The number of allylic oxidation sites excluding steroid dienone is 1. The summed E-state index contributed by atoms with van der Waals surface area (Å²) in [6.07, 6.45) is 8.94. The number of nitriles is 1. The molecule has 2 nitrogen and oxygen atoms in total. The summed E-state index contributed by atoms with van der Waals surface area (Å²) in [5, 5.41) is 8.47. The summed E-state index contributed by atoms with van der Waals surface area (Å²) in [7, 11) is 0. The third kappa shape index (κ3) is 5.16. The monoisotopic (exact) mass is 250 g/mol. The van der Waals surface area contributed by atoms with Gasteiger partial charge in [-0.2, -0.15) is 0 Å². The molecule has 1 saturated heterocycles. The molecule has 1 fully saturated rings. The van der Waals surface area contributed by atoms with E-state index in [9.17, 15) is 0 Å². The lowest BCUT2D eigenvalue weighted by Crippen LogP contribution is -2.50. The molecule has 0 aromatic carbocycles. The molecule has 1 rings (SSSR count). The minimum Gasteiger partial charge on any atom is -0.696 e. The molecule has 0 unspecified atom stereocenters. The van der Waals surface area contributed by atoms with E-state index in [-0.39, 0.29) is 0 Å². The van der Waals surface area contributed by atoms with Gasteiger partial charge in [-0.15, -0.1) is 6.58 Å². The van der Waals surface area contributed by atoms with Crippen LogP contribution in [0, 0.1) is 10.7 Å². The van der Waals surface area contributed by atoms with Crippen LogP contribution in [0.15, 0.2) is 37.6 Å². The molecule has 0 bridgehead atoms. The molecule has 0 spiro atoms. The molecule has 0 N–H and O–H groups in total. The summed E-state index contributed by atoms with van der Waals surface area (Å²) in [6, 6.07) is 0. The van der Waals surface area contributed by atoms with Crippen LogP contribution in [0.2, 0.25) is 0 Å². The molecule has 17 heavy (non-hydrogen) atoms. The first-order valence-corrected chi connectivity index (χ1v) is 6.35. The Morgan fingerprint density at radius 1 is 1.24 bits per heavy atom. The van der Waals surface area contributed by atoms with Crippen LogP contribution in [0.25, 0.3) is 0 Å². The van der Waals surface area contributed by atoms with Gasteiger partial charge in [0.1, 0.15) is 12.2 Å². The fourth-order valence-electron chi connectivity index (χ4n) is 2.35. The molecule has 1 heterocycles. The maximum absolute atomic E-state index is 7.13. The van der Waals surface area contributed by atoms with Gasteiger partial charge >= 0.3 is 0 Å². The Bertz CT molecular complexity index is 296. The Hall–Kier alpha value is -1.11. The van der Waals surface area contributed by atoms with Gasteiger partial charge in [0.05, 0.1) is 13.1 Å². The van der Waals surface area contributed by atoms with Gasteiger partial charge in [0.2, 0.25) is 0 Å². The van der Waals surface area contributed by atoms with E-state index in [0.717, 1.165) is 17.4 Å². The van der Waals surface area contributed by atoms with Gasteiger partial charge in [-0.3, -0.25) is 4.48 Å². The first kappa shape index (κ1) is 15.9. The second-order valence-corrected chi connectivity index (χ2v) is 4.46. The van der Waals surface area contributed by atoms with E-state index < -0.39 is 0 Å². The van der Waals surface area contributed by atoms with Crippen LogP contribution in [0.1, 0.15) is 25.7 Å². The highest BCUT2D eigenvalue weighted by Crippen LogP contribution is 2.26. The normalized spacial score (nSPS) is 16.9. The number of piperidine rings is 1. The van der Waals surface area contributed by atoms with E-state index >= 15 is 0 Å². The van der Waals surface area contributed by atoms with Crippen LogP contribution >= 0.6 is 0 Å². The number of hydrogen-bond acceptors (Lipinski definition) is 2. The van der Waals surface area contributed by atoms with E-state index in [2.05, 4.69) is 32.4 Å². The van der Waals surface area contributed by atoms with E-state index in [1.165, 1.54) is 43.5 Å². The predicted octanol–water partition coefficient (Wildman–Crippen LogP) is 3.28. The zero-order valence-electron chi connectivity index (χ0n) is 10.5. The third-order valence-corrected chi connectivity index (χ3v) is 3.20. The Morgan fingerprint density at radius 3 is 2.18 bits per heavy atom. The van der Waals surface area contributed by atoms with Crippen molar-refractivity contribution in [3.8, 4) is 5.40 Å². The van der Waals surface area contributed by atoms with E-state index in [0.29, 0.717) is 0 Å². The van der Waals surface area contributed by atoms with Crippen LogP contribution in [0.4, 0.5) is 0 Å². The molecule has 1 aliphatic heterocycles. The summed E-state index contributed by atoms with van der Waals surface area (Å²) in [4.78, 5) is 0. The van der Waals surface area contributed by atoms with Crippen molar-refractivity contribution < 1.29 is 4.48 Å². The summed E-state index contributed by atoms with van der Waals surface area (Å²) in [6.45, 7) is 15.4. The van der Waals surface area contributed by atoms with Crippen molar-refractivity contribution >= 4 is 12.6 Å². The minimum atomic E-state index is 0.938. The van der Waals surface area contributed by atoms with Gasteiger partial charge in [0.15, 0.2) is 0 Å². The molecule has 0 aliphatic carbocycles. The number of rotatable bonds is 5. The number of quaternary nitrogens is 1. The van der Waals surface area contributed by atoms with Gasteiger partial charge in [-0.1, -0.05) is 18.1 Å². The van der Waals surface area contributed by atoms with E-state index in [4.69, 9.17) is 5.26 Å². The van der Waals surface area contributed by atoms with Crippen molar-refractivity contribution in [2.75, 3.05) is 19.6 Å². The van der Waals surface area contributed by atoms with Crippen LogP contribution in [0.5, 0.6) is 0 Å². The highest BCUT2D eigenvalue weighted by atomic mass is 32.1. The van der Waals surface area contributed by atoms with E-state index in [1.807, 2.05) is 12.2 Å². The zero-order valence-corrected chi connectivity index (χ0v) is 11.3. The SMILES string of the molecule is C=CCC(=C)[N+]1(CC=C)CCCCC1.N#C[S-]. The Labute approximate surface area is 111 Å². The first-order chi connectivity index (χ1) is 8.16. The molecular weight excluding hydrogens is 228 g/mol. The quantitative estimate of drug-likeness (QED) is 0.323. The average Bonchev–Trinajstić information content (AvgIpc) is 2.32. The van der Waals surface area contributed by atoms with Crippen molar-refractivity contribution in [2.45, 2.75) is 25.7 Å². The lowest BCUT2D eigenvalue weighted by atomic mass is 10.0. The van der Waals surface area contributed by atoms with Crippen molar-refractivity contribution in [2.24, 2.45) is 0 Å². The van der Waals surface area contributed by atoms with Crippen molar-refractivity contribution in [1.29, 1.82) is 5.26 Å². The molecular formula is C14H22N2S. The molecule has 0 radical (unpaired) electrons. The first-order valence-electron chi connectivity index (χ1n) is 5.94. The topological polar surface area (TPSA) is 23.8 Å². The average molecular weight is 250 g/mol. The summed E-state index contributed by atoms with van der Waals surface area (Å²) < 4.78 is 1.05. The molecule has 0 aromatic heterocycles. The standard InChI is InChI=1S/C13H22N.CHNS/c1-4-9-13(3)14(10-5-2)11-7-6-8-12-14;2-1-3/h4-5H,1-3,6-12H2;3H/q+1;/p-1. The number of nitrogens with zero attached hydrogens (tertiary/aromatic N) is 2. The fourth-order valence-corrected chi connectivity index (χ4v) is 2.35. The molecule has 1 aliphatic rings. The lowest BCUT2D eigenvalue weighted by molar-refractivity contribution is -0.891. The second kappa shape index (κ2) is 8.98. The summed E-state index contributed by atoms with van der Waals surface area (Å²) >= 11 is 3.70. The molecule has 94 valence electrons. The van der Waals surface area contributed by atoms with Gasteiger partial charge in [0, 0.05) is 6.42 Å². The van der Waals surface area contributed by atoms with E-state index in [1.54, 1.807) is 0 Å². The largest absolute Gasteiger partial charge is 0.696 e. The van der Waals surface area contributed by atoms with Gasteiger partial charge in [-0.25, -0.2) is 5.26 Å². The van der Waals surface area contributed by atoms with Crippen molar-refractivity contribution in [3.63, 3.8) is 0 Å². The van der Waals surface area contributed by atoms with Gasteiger partial charge in [-0.05, 0) is 31.9 Å². The Morgan fingerprint density at radius 2 is 1.76 bits per heavy atom. The van der Waals surface area contributed by atoms with Crippen LogP contribution in [-0.4, -0.2) is 24.1 Å². The maximum atomic E-state index is 7.13. The van der Waals surface area contributed by atoms with Crippen LogP contribution < -0.4 is 0 Å². The number of likely N-dealkylation sites (tertiary alicyclic amines) is 1.